The van der Waals surface area contributed by atoms with Crippen LogP contribution < -0.4 is 5.32 Å². The molecule has 1 atom stereocenters. The van der Waals surface area contributed by atoms with Crippen LogP contribution in [0.1, 0.15) is 46.0 Å². The van der Waals surface area contributed by atoms with Crippen LogP contribution in [-0.2, 0) is 9.53 Å². The van der Waals surface area contributed by atoms with Crippen molar-refractivity contribution < 1.29 is 9.53 Å². The summed E-state index contributed by atoms with van der Waals surface area (Å²) in [5, 5.41) is 3.28. The van der Waals surface area contributed by atoms with E-state index < -0.39 is 0 Å². The van der Waals surface area contributed by atoms with Gasteiger partial charge in [0.25, 0.3) is 0 Å². The van der Waals surface area contributed by atoms with Gasteiger partial charge in [-0.25, -0.2) is 0 Å². The largest absolute Gasteiger partial charge is 0.468 e. The van der Waals surface area contributed by atoms with Crippen molar-refractivity contribution >= 4 is 5.97 Å². The third kappa shape index (κ3) is 6.39. The number of hydrogen-bond donors (Lipinski definition) is 1. The quantitative estimate of drug-likeness (QED) is 0.685. The van der Waals surface area contributed by atoms with Crippen molar-refractivity contribution in [3.05, 3.63) is 0 Å². The molecule has 1 saturated carbocycles. The lowest BCUT2D eigenvalue weighted by atomic mass is 10.1. The molecule has 0 aromatic carbocycles. The number of nitrogens with zero attached hydrogens (tertiary/aromatic N) is 1. The molecule has 1 aliphatic carbocycles. The molecule has 0 bridgehead atoms. The lowest BCUT2D eigenvalue weighted by Gasteiger charge is -2.24. The molecule has 0 aliphatic heterocycles. The fourth-order valence-corrected chi connectivity index (χ4v) is 2.89. The van der Waals surface area contributed by atoms with Crippen LogP contribution in [0.4, 0.5) is 0 Å². The summed E-state index contributed by atoms with van der Waals surface area (Å²) >= 11 is 0. The van der Waals surface area contributed by atoms with Crippen LogP contribution in [0.2, 0.25) is 0 Å². The average Bonchev–Trinajstić information content (AvgIpc) is 2.85. The van der Waals surface area contributed by atoms with E-state index in [9.17, 15) is 4.79 Å². The van der Waals surface area contributed by atoms with Crippen molar-refractivity contribution in [3.8, 4) is 0 Å². The molecular weight excluding hydrogens is 240 g/mol. The lowest BCUT2D eigenvalue weighted by molar-refractivity contribution is -0.143. The van der Waals surface area contributed by atoms with Gasteiger partial charge in [-0.15, -0.1) is 0 Å². The molecule has 0 amide bonds. The Bertz CT molecular complexity index is 263. The van der Waals surface area contributed by atoms with Gasteiger partial charge in [-0.3, -0.25) is 4.79 Å². The van der Waals surface area contributed by atoms with Gasteiger partial charge in [-0.1, -0.05) is 26.7 Å². The van der Waals surface area contributed by atoms with Crippen LogP contribution in [0.25, 0.3) is 0 Å². The van der Waals surface area contributed by atoms with E-state index >= 15 is 0 Å². The van der Waals surface area contributed by atoms with Gasteiger partial charge in [0.15, 0.2) is 0 Å². The molecular formula is C15H30N2O2. The Hall–Kier alpha value is -0.610. The molecule has 1 rings (SSSR count). The van der Waals surface area contributed by atoms with Gasteiger partial charge >= 0.3 is 5.97 Å². The molecule has 4 nitrogen and oxygen atoms in total. The van der Waals surface area contributed by atoms with Gasteiger partial charge in [0.2, 0.25) is 0 Å². The Morgan fingerprint density at radius 3 is 2.53 bits per heavy atom. The molecule has 0 radical (unpaired) electrons. The maximum absolute atomic E-state index is 11.7. The van der Waals surface area contributed by atoms with E-state index in [4.69, 9.17) is 4.74 Å². The zero-order valence-corrected chi connectivity index (χ0v) is 12.9. The molecule has 4 heteroatoms. The van der Waals surface area contributed by atoms with E-state index in [1.165, 1.54) is 32.8 Å². The number of methoxy groups -OCH3 is 1. The third-order valence-corrected chi connectivity index (χ3v) is 3.86. The van der Waals surface area contributed by atoms with Crippen molar-refractivity contribution in [2.24, 2.45) is 5.92 Å². The second-order valence-corrected chi connectivity index (χ2v) is 6.10. The zero-order valence-electron chi connectivity index (χ0n) is 12.9. The summed E-state index contributed by atoms with van der Waals surface area (Å²) in [6.45, 7) is 6.21. The number of carbonyl (C=O) groups excluding carboxylic acids is 1. The van der Waals surface area contributed by atoms with Gasteiger partial charge in [0, 0.05) is 12.6 Å². The highest BCUT2D eigenvalue weighted by atomic mass is 16.5. The monoisotopic (exact) mass is 270 g/mol. The molecule has 1 fully saturated rings. The summed E-state index contributed by atoms with van der Waals surface area (Å²) in [5.41, 5.74) is 0. The normalized spacial score (nSPS) is 18.2. The summed E-state index contributed by atoms with van der Waals surface area (Å²) in [6.07, 6.45) is 6.33. The highest BCUT2D eigenvalue weighted by Gasteiger charge is 2.21. The predicted molar refractivity (Wildman–Crippen MR) is 78.1 cm³/mol. The van der Waals surface area contributed by atoms with Crippen molar-refractivity contribution in [1.82, 2.24) is 10.2 Å². The molecule has 1 N–H and O–H groups in total. The van der Waals surface area contributed by atoms with Gasteiger partial charge in [0.05, 0.1) is 7.11 Å². The second kappa shape index (κ2) is 8.54. The van der Waals surface area contributed by atoms with Crippen LogP contribution in [0.15, 0.2) is 0 Å². The number of hydrogen-bond acceptors (Lipinski definition) is 4. The number of rotatable bonds is 8. The summed E-state index contributed by atoms with van der Waals surface area (Å²) in [4.78, 5) is 14.1. The van der Waals surface area contributed by atoms with Crippen LogP contribution in [0, 0.1) is 5.92 Å². The predicted octanol–water partition coefficient (Wildman–Crippen LogP) is 2.04. The standard InChI is InChI=1S/C15H30N2O2/c1-12(2)16-14(15(18)19-4)9-10-17(3)11-13-7-5-6-8-13/h12-14,16H,5-11H2,1-4H3. The zero-order chi connectivity index (χ0) is 14.3. The van der Waals surface area contributed by atoms with E-state index in [0.717, 1.165) is 25.4 Å². The maximum Gasteiger partial charge on any atom is 0.322 e. The Morgan fingerprint density at radius 1 is 1.37 bits per heavy atom. The molecule has 0 spiro atoms. The molecule has 0 heterocycles. The van der Waals surface area contributed by atoms with Crippen molar-refractivity contribution in [2.75, 3.05) is 27.2 Å². The van der Waals surface area contributed by atoms with Crippen molar-refractivity contribution in [2.45, 2.75) is 58.0 Å². The van der Waals surface area contributed by atoms with E-state index in [1.807, 2.05) is 0 Å². The number of esters is 1. The Labute approximate surface area is 117 Å². The van der Waals surface area contributed by atoms with Gasteiger partial charge in [0.1, 0.15) is 6.04 Å². The number of nitrogens with one attached hydrogen (secondary N) is 1. The average molecular weight is 270 g/mol. The minimum atomic E-state index is -0.184. The molecule has 0 aromatic heterocycles. The van der Waals surface area contributed by atoms with E-state index in [0.29, 0.717) is 6.04 Å². The van der Waals surface area contributed by atoms with Crippen LogP contribution in [-0.4, -0.2) is 50.2 Å². The van der Waals surface area contributed by atoms with E-state index in [2.05, 4.69) is 31.1 Å². The topological polar surface area (TPSA) is 41.6 Å². The van der Waals surface area contributed by atoms with Crippen molar-refractivity contribution in [3.63, 3.8) is 0 Å². The lowest BCUT2D eigenvalue weighted by Crippen LogP contribution is -2.43. The molecule has 112 valence electrons. The van der Waals surface area contributed by atoms with Crippen LogP contribution >= 0.6 is 0 Å². The minimum Gasteiger partial charge on any atom is -0.468 e. The first-order valence-electron chi connectivity index (χ1n) is 7.55. The summed E-state index contributed by atoms with van der Waals surface area (Å²) in [6, 6.07) is 0.111. The Balaban J connectivity index is 2.30. The molecule has 19 heavy (non-hydrogen) atoms. The van der Waals surface area contributed by atoms with Gasteiger partial charge < -0.3 is 15.0 Å². The maximum atomic E-state index is 11.7. The highest BCUT2D eigenvalue weighted by molar-refractivity contribution is 5.75. The first kappa shape index (κ1) is 16.4. The second-order valence-electron chi connectivity index (χ2n) is 6.10. The molecule has 0 aromatic rings. The van der Waals surface area contributed by atoms with Gasteiger partial charge in [-0.05, 0) is 38.8 Å². The summed E-state index contributed by atoms with van der Waals surface area (Å²) in [7, 11) is 3.61. The van der Waals surface area contributed by atoms with E-state index in [1.54, 1.807) is 0 Å². The van der Waals surface area contributed by atoms with Crippen LogP contribution in [0.3, 0.4) is 0 Å². The Morgan fingerprint density at radius 2 is 2.00 bits per heavy atom. The number of ether oxygens (including phenoxy) is 1. The third-order valence-electron chi connectivity index (χ3n) is 3.86. The molecule has 1 aliphatic rings. The molecule has 0 saturated heterocycles. The van der Waals surface area contributed by atoms with Crippen molar-refractivity contribution in [1.29, 1.82) is 0 Å². The highest BCUT2D eigenvalue weighted by Crippen LogP contribution is 2.25. The smallest absolute Gasteiger partial charge is 0.322 e. The summed E-state index contributed by atoms with van der Waals surface area (Å²) < 4.78 is 4.86. The van der Waals surface area contributed by atoms with E-state index in [-0.39, 0.29) is 12.0 Å². The fraction of sp³-hybridized carbons (Fsp3) is 0.933. The SMILES string of the molecule is COC(=O)C(CCN(C)CC1CCCC1)NC(C)C. The molecule has 1 unspecified atom stereocenters. The first-order valence-corrected chi connectivity index (χ1v) is 7.55. The number of carbonyl (C=O) groups is 1. The first-order chi connectivity index (χ1) is 9.02. The Kier molecular flexibility index (Phi) is 7.39. The summed E-state index contributed by atoms with van der Waals surface area (Å²) in [5.74, 6) is 0.711. The fourth-order valence-electron chi connectivity index (χ4n) is 2.89. The van der Waals surface area contributed by atoms with Crippen LogP contribution in [0.5, 0.6) is 0 Å². The van der Waals surface area contributed by atoms with Gasteiger partial charge in [-0.2, -0.15) is 0 Å². The minimum absolute atomic E-state index is 0.150.